The van der Waals surface area contributed by atoms with Crippen LogP contribution in [-0.4, -0.2) is 16.6 Å². The van der Waals surface area contributed by atoms with E-state index in [-0.39, 0.29) is 0 Å². The Hall–Kier alpha value is -1.13. The quantitative estimate of drug-likeness (QED) is 0.836. The molecule has 2 heterocycles. The second-order valence-corrected chi connectivity index (χ2v) is 4.29. The lowest BCUT2D eigenvalue weighted by Gasteiger charge is -1.99. The number of nitrogens with one attached hydrogen (secondary N) is 1. The molecule has 80 valence electrons. The van der Waals surface area contributed by atoms with Crippen LogP contribution in [-0.2, 0) is 19.5 Å². The average Bonchev–Trinajstić information content (AvgIpc) is 2.85. The summed E-state index contributed by atoms with van der Waals surface area (Å²) in [4.78, 5) is 4.31. The van der Waals surface area contributed by atoms with Gasteiger partial charge in [-0.1, -0.05) is 0 Å². The summed E-state index contributed by atoms with van der Waals surface area (Å²) in [6.45, 7) is 1.85. The molecule has 0 atom stereocenters. The van der Waals surface area contributed by atoms with Crippen molar-refractivity contribution in [3.05, 3.63) is 40.6 Å². The first-order chi connectivity index (χ1) is 7.38. The molecule has 0 aliphatic carbocycles. The summed E-state index contributed by atoms with van der Waals surface area (Å²) < 4.78 is 2.14. The minimum absolute atomic E-state index is 0.839. The van der Waals surface area contributed by atoms with E-state index in [9.17, 15) is 0 Å². The molecule has 0 bridgehead atoms. The minimum atomic E-state index is 0.839. The van der Waals surface area contributed by atoms with Crippen LogP contribution >= 0.6 is 11.3 Å². The van der Waals surface area contributed by atoms with E-state index in [1.807, 2.05) is 13.4 Å². The Morgan fingerprint density at radius 3 is 3.20 bits per heavy atom. The Kier molecular flexibility index (Phi) is 3.53. The Labute approximate surface area is 93.8 Å². The van der Waals surface area contributed by atoms with E-state index >= 15 is 0 Å². The number of imidazole rings is 1. The highest BCUT2D eigenvalue weighted by Gasteiger charge is 1.98. The number of nitrogens with zero attached hydrogens (tertiary/aromatic N) is 2. The van der Waals surface area contributed by atoms with Gasteiger partial charge in [0.05, 0.1) is 12.0 Å². The van der Waals surface area contributed by atoms with Gasteiger partial charge in [0, 0.05) is 19.3 Å². The number of aryl methyl sites for hydroxylation is 2. The Bertz CT molecular complexity index is 392. The van der Waals surface area contributed by atoms with Gasteiger partial charge >= 0.3 is 0 Å². The van der Waals surface area contributed by atoms with Crippen LogP contribution < -0.4 is 5.32 Å². The number of hydrogen-bond acceptors (Lipinski definition) is 3. The first-order valence-corrected chi connectivity index (χ1v) is 5.99. The summed E-state index contributed by atoms with van der Waals surface area (Å²) >= 11 is 1.75. The molecule has 0 aromatic carbocycles. The number of hydrogen-bond donors (Lipinski definition) is 1. The minimum Gasteiger partial charge on any atom is -0.337 e. The van der Waals surface area contributed by atoms with E-state index in [4.69, 9.17) is 0 Å². The van der Waals surface area contributed by atoms with Gasteiger partial charge < -0.3 is 9.88 Å². The van der Waals surface area contributed by atoms with Gasteiger partial charge in [-0.05, 0) is 35.9 Å². The standard InChI is InChI=1S/C11H15N3S/c1-12-6-11-7-14(9-13-11)4-2-10-3-5-15-8-10/h3,5,7-9,12H,2,4,6H2,1H3. The molecule has 0 saturated carbocycles. The van der Waals surface area contributed by atoms with Gasteiger partial charge in [-0.2, -0.15) is 11.3 Å². The van der Waals surface area contributed by atoms with E-state index < -0.39 is 0 Å². The van der Waals surface area contributed by atoms with Crippen molar-refractivity contribution in [3.8, 4) is 0 Å². The molecule has 0 aliphatic heterocycles. The fourth-order valence-electron chi connectivity index (χ4n) is 1.49. The fraction of sp³-hybridized carbons (Fsp3) is 0.364. The monoisotopic (exact) mass is 221 g/mol. The molecule has 4 heteroatoms. The first-order valence-electron chi connectivity index (χ1n) is 5.05. The zero-order valence-corrected chi connectivity index (χ0v) is 9.63. The normalized spacial score (nSPS) is 10.7. The van der Waals surface area contributed by atoms with Crippen molar-refractivity contribution in [2.24, 2.45) is 0 Å². The smallest absolute Gasteiger partial charge is 0.0950 e. The highest BCUT2D eigenvalue weighted by atomic mass is 32.1. The molecule has 0 saturated heterocycles. The van der Waals surface area contributed by atoms with Crippen molar-refractivity contribution in [1.29, 1.82) is 0 Å². The summed E-state index contributed by atoms with van der Waals surface area (Å²) in [5.41, 5.74) is 2.51. The van der Waals surface area contributed by atoms with Crippen LogP contribution in [0, 0.1) is 0 Å². The van der Waals surface area contributed by atoms with Gasteiger partial charge in [-0.25, -0.2) is 4.98 Å². The molecular weight excluding hydrogens is 206 g/mol. The van der Waals surface area contributed by atoms with E-state index in [1.54, 1.807) is 11.3 Å². The van der Waals surface area contributed by atoms with Gasteiger partial charge in [0.1, 0.15) is 0 Å². The van der Waals surface area contributed by atoms with E-state index in [1.165, 1.54) is 5.56 Å². The number of aromatic nitrogens is 2. The Morgan fingerprint density at radius 1 is 1.53 bits per heavy atom. The van der Waals surface area contributed by atoms with Crippen LogP contribution in [0.2, 0.25) is 0 Å². The third kappa shape index (κ3) is 2.91. The van der Waals surface area contributed by atoms with Crippen molar-refractivity contribution in [3.63, 3.8) is 0 Å². The topological polar surface area (TPSA) is 29.9 Å². The van der Waals surface area contributed by atoms with Crippen molar-refractivity contribution in [1.82, 2.24) is 14.9 Å². The summed E-state index contributed by atoms with van der Waals surface area (Å²) in [5, 5.41) is 7.41. The molecule has 0 unspecified atom stereocenters. The SMILES string of the molecule is CNCc1cn(CCc2ccsc2)cn1. The van der Waals surface area contributed by atoms with Crippen molar-refractivity contribution in [2.45, 2.75) is 19.5 Å². The lowest BCUT2D eigenvalue weighted by Crippen LogP contribution is -2.05. The summed E-state index contributed by atoms with van der Waals surface area (Å²) in [6.07, 6.45) is 5.08. The van der Waals surface area contributed by atoms with Crippen molar-refractivity contribution >= 4 is 11.3 Å². The summed E-state index contributed by atoms with van der Waals surface area (Å²) in [6, 6.07) is 2.18. The van der Waals surface area contributed by atoms with Crippen LogP contribution in [0.1, 0.15) is 11.3 Å². The first kappa shape index (κ1) is 10.4. The third-order valence-electron chi connectivity index (χ3n) is 2.28. The van der Waals surface area contributed by atoms with E-state index in [2.05, 4.69) is 37.9 Å². The van der Waals surface area contributed by atoms with Crippen LogP contribution in [0.4, 0.5) is 0 Å². The highest BCUT2D eigenvalue weighted by molar-refractivity contribution is 7.07. The van der Waals surface area contributed by atoms with Gasteiger partial charge in [-0.3, -0.25) is 0 Å². The molecule has 0 fully saturated rings. The van der Waals surface area contributed by atoms with Gasteiger partial charge in [0.2, 0.25) is 0 Å². The van der Waals surface area contributed by atoms with Gasteiger partial charge in [0.25, 0.3) is 0 Å². The molecule has 2 aromatic heterocycles. The fourth-order valence-corrected chi connectivity index (χ4v) is 2.20. The largest absolute Gasteiger partial charge is 0.337 e. The molecule has 15 heavy (non-hydrogen) atoms. The second-order valence-electron chi connectivity index (χ2n) is 3.51. The lowest BCUT2D eigenvalue weighted by molar-refractivity contribution is 0.695. The van der Waals surface area contributed by atoms with Crippen molar-refractivity contribution in [2.75, 3.05) is 7.05 Å². The lowest BCUT2D eigenvalue weighted by atomic mass is 10.2. The zero-order chi connectivity index (χ0) is 10.5. The van der Waals surface area contributed by atoms with Gasteiger partial charge in [0.15, 0.2) is 0 Å². The molecule has 3 nitrogen and oxygen atoms in total. The van der Waals surface area contributed by atoms with Crippen LogP contribution in [0.25, 0.3) is 0 Å². The zero-order valence-electron chi connectivity index (χ0n) is 8.81. The molecular formula is C11H15N3S. The average molecular weight is 221 g/mol. The maximum Gasteiger partial charge on any atom is 0.0950 e. The van der Waals surface area contributed by atoms with Crippen LogP contribution in [0.3, 0.4) is 0 Å². The maximum absolute atomic E-state index is 4.31. The molecule has 2 rings (SSSR count). The molecule has 0 radical (unpaired) electrons. The molecule has 0 amide bonds. The summed E-state index contributed by atoms with van der Waals surface area (Å²) in [7, 11) is 1.93. The van der Waals surface area contributed by atoms with Crippen molar-refractivity contribution < 1.29 is 0 Å². The van der Waals surface area contributed by atoms with E-state index in [0.29, 0.717) is 0 Å². The Morgan fingerprint density at radius 2 is 2.47 bits per heavy atom. The van der Waals surface area contributed by atoms with Crippen LogP contribution in [0.15, 0.2) is 29.4 Å². The van der Waals surface area contributed by atoms with Crippen LogP contribution in [0.5, 0.6) is 0 Å². The molecule has 1 N–H and O–H groups in total. The summed E-state index contributed by atoms with van der Waals surface area (Å²) in [5.74, 6) is 0. The number of thiophene rings is 1. The third-order valence-corrected chi connectivity index (χ3v) is 3.02. The molecule has 0 spiro atoms. The highest BCUT2D eigenvalue weighted by Crippen LogP contribution is 2.08. The predicted octanol–water partition coefficient (Wildman–Crippen LogP) is 1.91. The van der Waals surface area contributed by atoms with Gasteiger partial charge in [-0.15, -0.1) is 0 Å². The predicted molar refractivity (Wildman–Crippen MR) is 63.0 cm³/mol. The second kappa shape index (κ2) is 5.09. The maximum atomic E-state index is 4.31. The molecule has 0 aliphatic rings. The Balaban J connectivity index is 1.88. The van der Waals surface area contributed by atoms with E-state index in [0.717, 1.165) is 25.2 Å². The molecule has 2 aromatic rings. The number of rotatable bonds is 5.